The highest BCUT2D eigenvalue weighted by molar-refractivity contribution is 14.1. The zero-order valence-corrected chi connectivity index (χ0v) is 19.8. The van der Waals surface area contributed by atoms with Crippen LogP contribution in [0.1, 0.15) is 22.8 Å². The molecule has 9 nitrogen and oxygen atoms in total. The fraction of sp³-hybridized carbons (Fsp3) is 0.300. The minimum absolute atomic E-state index is 0.201. The summed E-state index contributed by atoms with van der Waals surface area (Å²) in [6, 6.07) is 4.27. The summed E-state index contributed by atoms with van der Waals surface area (Å²) in [7, 11) is 1.16. The molecular weight excluding hydrogens is 560 g/mol. The first-order valence-electron chi connectivity index (χ1n) is 9.58. The first kappa shape index (κ1) is 26.6. The SMILES string of the molecule is CCNC(=O)N(Cc1cc(C(=O)NOCCO)c(Nc2ccc(I)cc2F)c(F)c1F)OC. The Hall–Kier alpha value is -2.62. The molecular formula is C20H22F3IN4O5. The molecule has 0 bridgehead atoms. The van der Waals surface area contributed by atoms with E-state index in [9.17, 15) is 18.4 Å². The molecule has 2 aromatic rings. The van der Waals surface area contributed by atoms with E-state index < -0.39 is 53.8 Å². The number of nitrogens with zero attached hydrogens (tertiary/aromatic N) is 1. The maximum absolute atomic E-state index is 15.1. The molecule has 2 rings (SSSR count). The summed E-state index contributed by atoms with van der Waals surface area (Å²) in [4.78, 5) is 34.3. The number of hydrogen-bond donors (Lipinski definition) is 4. The smallest absolute Gasteiger partial charge is 0.341 e. The van der Waals surface area contributed by atoms with Gasteiger partial charge in [-0.3, -0.25) is 14.5 Å². The van der Waals surface area contributed by atoms with Gasteiger partial charge in [-0.1, -0.05) is 0 Å². The molecule has 180 valence electrons. The summed E-state index contributed by atoms with van der Waals surface area (Å²) in [6.45, 7) is 0.713. The summed E-state index contributed by atoms with van der Waals surface area (Å²) >= 11 is 1.88. The summed E-state index contributed by atoms with van der Waals surface area (Å²) in [5.41, 5.74) is 0.310. The Labute approximate surface area is 201 Å². The van der Waals surface area contributed by atoms with Crippen LogP contribution in [0, 0.1) is 21.0 Å². The van der Waals surface area contributed by atoms with E-state index >= 15 is 4.39 Å². The van der Waals surface area contributed by atoms with Crippen molar-refractivity contribution in [1.29, 1.82) is 0 Å². The lowest BCUT2D eigenvalue weighted by molar-refractivity contribution is -0.0937. The molecule has 0 saturated carbocycles. The van der Waals surface area contributed by atoms with Crippen LogP contribution in [-0.2, 0) is 16.2 Å². The van der Waals surface area contributed by atoms with Gasteiger partial charge in [-0.15, -0.1) is 0 Å². The molecule has 0 unspecified atom stereocenters. The number of amides is 3. The minimum atomic E-state index is -1.48. The first-order valence-corrected chi connectivity index (χ1v) is 10.7. The van der Waals surface area contributed by atoms with Gasteiger partial charge in [-0.05, 0) is 53.8 Å². The van der Waals surface area contributed by atoms with E-state index in [2.05, 4.69) is 10.6 Å². The molecule has 0 fully saturated rings. The number of hydroxylamine groups is 3. The Morgan fingerprint density at radius 2 is 1.91 bits per heavy atom. The van der Waals surface area contributed by atoms with Crippen LogP contribution in [0.25, 0.3) is 0 Å². The van der Waals surface area contributed by atoms with Gasteiger partial charge >= 0.3 is 6.03 Å². The second kappa shape index (κ2) is 12.6. The number of halogens is 4. The fourth-order valence-corrected chi connectivity index (χ4v) is 3.10. The lowest BCUT2D eigenvalue weighted by atomic mass is 10.1. The van der Waals surface area contributed by atoms with Crippen LogP contribution in [0.15, 0.2) is 24.3 Å². The maximum atomic E-state index is 15.1. The number of hydrogen-bond acceptors (Lipinski definition) is 6. The molecule has 33 heavy (non-hydrogen) atoms. The Kier molecular flexibility index (Phi) is 10.1. The average Bonchev–Trinajstić information content (AvgIpc) is 2.78. The number of aliphatic hydroxyl groups excluding tert-OH is 1. The van der Waals surface area contributed by atoms with E-state index in [0.29, 0.717) is 3.57 Å². The molecule has 0 aliphatic carbocycles. The fourth-order valence-electron chi connectivity index (χ4n) is 2.65. The van der Waals surface area contributed by atoms with E-state index in [0.717, 1.165) is 18.2 Å². The van der Waals surface area contributed by atoms with Crippen LogP contribution >= 0.6 is 22.6 Å². The van der Waals surface area contributed by atoms with Crippen molar-refractivity contribution < 1.29 is 37.5 Å². The normalized spacial score (nSPS) is 10.6. The van der Waals surface area contributed by atoms with E-state index in [4.69, 9.17) is 14.8 Å². The maximum Gasteiger partial charge on any atom is 0.341 e. The second-order valence-electron chi connectivity index (χ2n) is 6.39. The summed E-state index contributed by atoms with van der Waals surface area (Å²) < 4.78 is 44.9. The van der Waals surface area contributed by atoms with Gasteiger partial charge in [0.15, 0.2) is 11.6 Å². The molecule has 0 aliphatic rings. The summed E-state index contributed by atoms with van der Waals surface area (Å²) in [5, 5.41) is 14.4. The van der Waals surface area contributed by atoms with Crippen LogP contribution in [0.5, 0.6) is 0 Å². The molecule has 0 radical (unpaired) electrons. The van der Waals surface area contributed by atoms with Crippen molar-refractivity contribution in [1.82, 2.24) is 15.9 Å². The van der Waals surface area contributed by atoms with Crippen molar-refractivity contribution in [2.45, 2.75) is 13.5 Å². The largest absolute Gasteiger partial charge is 0.394 e. The molecule has 13 heteroatoms. The van der Waals surface area contributed by atoms with Crippen LogP contribution in [0.4, 0.5) is 29.3 Å². The van der Waals surface area contributed by atoms with Crippen LogP contribution in [0.3, 0.4) is 0 Å². The van der Waals surface area contributed by atoms with Crippen molar-refractivity contribution in [2.75, 3.05) is 32.2 Å². The van der Waals surface area contributed by atoms with Gasteiger partial charge in [0.05, 0.1) is 43.8 Å². The van der Waals surface area contributed by atoms with Crippen LogP contribution < -0.4 is 16.1 Å². The molecule has 0 spiro atoms. The predicted octanol–water partition coefficient (Wildman–Crippen LogP) is 3.20. The highest BCUT2D eigenvalue weighted by Crippen LogP contribution is 2.31. The highest BCUT2D eigenvalue weighted by atomic mass is 127. The third-order valence-corrected chi connectivity index (χ3v) is 4.84. The quantitative estimate of drug-likeness (QED) is 0.195. The van der Waals surface area contributed by atoms with Crippen LogP contribution in [0.2, 0.25) is 0 Å². The molecule has 0 atom stereocenters. The monoisotopic (exact) mass is 582 g/mol. The third-order valence-electron chi connectivity index (χ3n) is 4.16. The number of benzene rings is 2. The van der Waals surface area contributed by atoms with Gasteiger partial charge in [0, 0.05) is 15.7 Å². The molecule has 0 aliphatic heterocycles. The van der Waals surface area contributed by atoms with Gasteiger partial charge in [0.25, 0.3) is 5.91 Å². The van der Waals surface area contributed by atoms with Crippen LogP contribution in [-0.4, -0.2) is 49.0 Å². The first-order chi connectivity index (χ1) is 15.7. The van der Waals surface area contributed by atoms with Crippen molar-refractivity contribution in [3.8, 4) is 0 Å². The molecule has 4 N–H and O–H groups in total. The van der Waals surface area contributed by atoms with Gasteiger partial charge in [-0.2, -0.15) is 5.06 Å². The zero-order chi connectivity index (χ0) is 24.5. The predicted molar refractivity (Wildman–Crippen MR) is 121 cm³/mol. The van der Waals surface area contributed by atoms with Gasteiger partial charge in [-0.25, -0.2) is 23.4 Å². The Morgan fingerprint density at radius 3 is 2.52 bits per heavy atom. The number of rotatable bonds is 10. The van der Waals surface area contributed by atoms with Gasteiger partial charge < -0.3 is 15.7 Å². The number of carbonyl (C=O) groups is 2. The van der Waals surface area contributed by atoms with Crippen molar-refractivity contribution >= 4 is 45.9 Å². The van der Waals surface area contributed by atoms with E-state index in [-0.39, 0.29) is 24.4 Å². The lowest BCUT2D eigenvalue weighted by Crippen LogP contribution is -2.39. The number of aliphatic hydroxyl groups is 1. The Morgan fingerprint density at radius 1 is 1.18 bits per heavy atom. The molecule has 3 amide bonds. The van der Waals surface area contributed by atoms with Crippen molar-refractivity contribution in [3.05, 3.63) is 56.4 Å². The number of nitrogens with one attached hydrogen (secondary N) is 3. The molecule has 0 saturated heterocycles. The van der Waals surface area contributed by atoms with Gasteiger partial charge in [0.1, 0.15) is 5.82 Å². The van der Waals surface area contributed by atoms with E-state index in [1.54, 1.807) is 6.92 Å². The zero-order valence-electron chi connectivity index (χ0n) is 17.7. The number of anilines is 2. The van der Waals surface area contributed by atoms with E-state index in [1.807, 2.05) is 28.1 Å². The second-order valence-corrected chi connectivity index (χ2v) is 7.64. The number of carbonyl (C=O) groups excluding carboxylic acids is 2. The summed E-state index contributed by atoms with van der Waals surface area (Å²) in [5.74, 6) is -4.61. The minimum Gasteiger partial charge on any atom is -0.394 e. The number of urea groups is 1. The van der Waals surface area contributed by atoms with Gasteiger partial charge in [0.2, 0.25) is 0 Å². The summed E-state index contributed by atoms with van der Waals surface area (Å²) in [6.07, 6.45) is 0. The lowest BCUT2D eigenvalue weighted by Gasteiger charge is -2.22. The van der Waals surface area contributed by atoms with Crippen molar-refractivity contribution in [2.24, 2.45) is 0 Å². The molecule has 2 aromatic carbocycles. The topological polar surface area (TPSA) is 112 Å². The highest BCUT2D eigenvalue weighted by Gasteiger charge is 2.26. The Balaban J connectivity index is 2.52. The third kappa shape index (κ3) is 6.93. The standard InChI is InChI=1S/C20H22F3IN4O5/c1-3-25-20(31)28(32-2)10-11-8-13(19(30)27-33-7-6-29)18(17(23)16(11)22)26-15-5-4-12(24)9-14(15)21/h4-5,8-9,26,29H,3,6-7,10H2,1-2H3,(H,25,31)(H,27,30). The molecule has 0 heterocycles. The average molecular weight is 582 g/mol. The van der Waals surface area contributed by atoms with Crippen molar-refractivity contribution in [3.63, 3.8) is 0 Å². The van der Waals surface area contributed by atoms with E-state index in [1.165, 1.54) is 18.2 Å². The molecule has 0 aromatic heterocycles. The Bertz CT molecular complexity index is 1010.